The van der Waals surface area contributed by atoms with Gasteiger partial charge in [0.25, 0.3) is 5.91 Å². The summed E-state index contributed by atoms with van der Waals surface area (Å²) in [4.78, 5) is 14.9. The molecular formula is C22H23N3O6S. The number of methoxy groups -OCH3 is 1. The topological polar surface area (TPSA) is 113 Å². The Hall–Kier alpha value is -3.37. The van der Waals surface area contributed by atoms with Gasteiger partial charge in [-0.05, 0) is 30.7 Å². The minimum Gasteiger partial charge on any atom is -0.497 e. The number of carbonyl (C=O) groups excluding carboxylic acids is 1. The Bertz CT molecular complexity index is 1340. The normalized spacial score (nSPS) is 15.8. The third-order valence-corrected chi connectivity index (χ3v) is 7.57. The minimum absolute atomic E-state index is 0.00577. The van der Waals surface area contributed by atoms with Crippen molar-refractivity contribution in [3.8, 4) is 5.75 Å². The number of nitrogens with zero attached hydrogens (tertiary/aromatic N) is 3. The van der Waals surface area contributed by atoms with Crippen molar-refractivity contribution >= 4 is 26.9 Å². The van der Waals surface area contributed by atoms with E-state index >= 15 is 0 Å². The maximum absolute atomic E-state index is 13.1. The number of hydrogen-bond acceptors (Lipinski definition) is 7. The number of aryl methyl sites for hydroxylation is 1. The van der Waals surface area contributed by atoms with E-state index in [0.29, 0.717) is 22.3 Å². The predicted octanol–water partition coefficient (Wildman–Crippen LogP) is 2.19. The number of sulfonamides is 1. The summed E-state index contributed by atoms with van der Waals surface area (Å²) in [7, 11) is -2.13. The van der Waals surface area contributed by atoms with E-state index < -0.39 is 15.9 Å². The van der Waals surface area contributed by atoms with Crippen LogP contribution in [0.2, 0.25) is 0 Å². The molecule has 10 heteroatoms. The molecule has 0 atom stereocenters. The van der Waals surface area contributed by atoms with Gasteiger partial charge < -0.3 is 19.3 Å². The second-order valence-corrected chi connectivity index (χ2v) is 9.33. The van der Waals surface area contributed by atoms with Crippen LogP contribution in [0.1, 0.15) is 16.1 Å². The van der Waals surface area contributed by atoms with Gasteiger partial charge in [0, 0.05) is 43.7 Å². The highest BCUT2D eigenvalue weighted by molar-refractivity contribution is 7.89. The van der Waals surface area contributed by atoms with Crippen LogP contribution in [-0.2, 0) is 10.0 Å². The van der Waals surface area contributed by atoms with Crippen molar-refractivity contribution in [1.82, 2.24) is 9.21 Å². The molecule has 2 aromatic carbocycles. The highest BCUT2D eigenvalue weighted by atomic mass is 32.2. The molecule has 1 amide bonds. The molecule has 1 aliphatic rings. The summed E-state index contributed by atoms with van der Waals surface area (Å²) in [5.74, 6) is 0.117. The van der Waals surface area contributed by atoms with Gasteiger partial charge in [-0.25, -0.2) is 8.42 Å². The van der Waals surface area contributed by atoms with Crippen molar-refractivity contribution in [2.45, 2.75) is 11.8 Å². The zero-order valence-corrected chi connectivity index (χ0v) is 18.5. The lowest BCUT2D eigenvalue weighted by atomic mass is 10.2. The van der Waals surface area contributed by atoms with E-state index in [9.17, 15) is 18.4 Å². The number of amides is 1. The van der Waals surface area contributed by atoms with Gasteiger partial charge in [0.1, 0.15) is 16.7 Å². The second-order valence-electron chi connectivity index (χ2n) is 7.42. The lowest BCUT2D eigenvalue weighted by molar-refractivity contribution is 0.0666. The summed E-state index contributed by atoms with van der Waals surface area (Å²) in [6, 6.07) is 13.2. The van der Waals surface area contributed by atoms with E-state index in [1.54, 1.807) is 49.4 Å². The van der Waals surface area contributed by atoms with Crippen LogP contribution in [0.25, 0.3) is 11.0 Å². The molecule has 0 bridgehead atoms. The minimum atomic E-state index is -3.64. The first-order valence-electron chi connectivity index (χ1n) is 10.00. The number of piperazine rings is 1. The molecule has 0 spiro atoms. The summed E-state index contributed by atoms with van der Waals surface area (Å²) in [6.07, 6.45) is 0. The summed E-state index contributed by atoms with van der Waals surface area (Å²) >= 11 is 0. The van der Waals surface area contributed by atoms with Crippen molar-refractivity contribution in [2.75, 3.05) is 33.3 Å². The number of benzene rings is 2. The van der Waals surface area contributed by atoms with Crippen LogP contribution in [0, 0.1) is 6.92 Å². The maximum atomic E-state index is 13.1. The Morgan fingerprint density at radius 1 is 1.09 bits per heavy atom. The van der Waals surface area contributed by atoms with E-state index in [-0.39, 0.29) is 42.2 Å². The van der Waals surface area contributed by atoms with Crippen LogP contribution < -0.4 is 10.1 Å². The van der Waals surface area contributed by atoms with Crippen LogP contribution in [0.15, 0.2) is 63.0 Å². The van der Waals surface area contributed by atoms with Gasteiger partial charge in [-0.15, -0.1) is 0 Å². The average molecular weight is 458 g/mol. The number of hydrogen-bond donors (Lipinski definition) is 1. The Morgan fingerprint density at radius 2 is 1.81 bits per heavy atom. The molecule has 9 nitrogen and oxygen atoms in total. The summed E-state index contributed by atoms with van der Waals surface area (Å²) in [5.41, 5.74) is 1.01. The molecule has 3 aromatic rings. The van der Waals surface area contributed by atoms with E-state index in [0.717, 1.165) is 0 Å². The molecule has 0 aliphatic carbocycles. The Morgan fingerprint density at radius 3 is 2.47 bits per heavy atom. The smallest absolute Gasteiger partial charge is 0.289 e. The summed E-state index contributed by atoms with van der Waals surface area (Å²) in [6.45, 7) is 2.51. The van der Waals surface area contributed by atoms with Gasteiger partial charge in [-0.3, -0.25) is 4.79 Å². The van der Waals surface area contributed by atoms with Gasteiger partial charge in [0.15, 0.2) is 5.76 Å². The Balaban J connectivity index is 1.56. The molecule has 0 radical (unpaired) electrons. The molecule has 1 fully saturated rings. The molecule has 1 aromatic heterocycles. The molecule has 0 unspecified atom stereocenters. The van der Waals surface area contributed by atoms with Crippen molar-refractivity contribution < 1.29 is 27.6 Å². The zero-order chi connectivity index (χ0) is 22.9. The van der Waals surface area contributed by atoms with E-state index in [4.69, 9.17) is 9.15 Å². The molecule has 1 saturated heterocycles. The second kappa shape index (κ2) is 8.64. The molecule has 2 heterocycles. The third-order valence-electron chi connectivity index (χ3n) is 5.51. The van der Waals surface area contributed by atoms with Gasteiger partial charge in [-0.1, -0.05) is 23.4 Å². The van der Waals surface area contributed by atoms with Gasteiger partial charge >= 0.3 is 0 Å². The third kappa shape index (κ3) is 3.94. The largest absolute Gasteiger partial charge is 0.497 e. The van der Waals surface area contributed by atoms with Crippen molar-refractivity contribution in [3.05, 3.63) is 65.2 Å². The highest BCUT2D eigenvalue weighted by Gasteiger charge is 2.32. The van der Waals surface area contributed by atoms with Gasteiger partial charge in [-0.2, -0.15) is 4.31 Å². The summed E-state index contributed by atoms with van der Waals surface area (Å²) < 4.78 is 38.3. The maximum Gasteiger partial charge on any atom is 0.289 e. The van der Waals surface area contributed by atoms with Crippen LogP contribution in [0.4, 0.5) is 0 Å². The fraction of sp³-hybridized carbons (Fsp3) is 0.273. The highest BCUT2D eigenvalue weighted by Crippen LogP contribution is 2.23. The zero-order valence-electron chi connectivity index (χ0n) is 17.7. The monoisotopic (exact) mass is 457 g/mol. The lowest BCUT2D eigenvalue weighted by Crippen LogP contribution is -2.50. The molecule has 4 rings (SSSR count). The molecular weight excluding hydrogens is 434 g/mol. The van der Waals surface area contributed by atoms with Crippen molar-refractivity contribution in [3.63, 3.8) is 0 Å². The Kier molecular flexibility index (Phi) is 5.90. The average Bonchev–Trinajstić information content (AvgIpc) is 2.82. The van der Waals surface area contributed by atoms with Gasteiger partial charge in [0.05, 0.1) is 12.0 Å². The SMILES string of the molecule is COc1ccc2/c(=N/O)cc(C(=O)N3CCN(S(=O)(=O)c4ccccc4C)CC3)oc2c1. The van der Waals surface area contributed by atoms with E-state index in [1.165, 1.54) is 22.4 Å². The fourth-order valence-corrected chi connectivity index (χ4v) is 5.38. The van der Waals surface area contributed by atoms with Crippen molar-refractivity contribution in [2.24, 2.45) is 5.16 Å². The molecule has 1 aliphatic heterocycles. The standard InChI is InChI=1S/C22H23N3O6S/c1-15-5-3-4-6-21(15)32(28,29)25-11-9-24(10-12-25)22(26)20-14-18(23-27)17-8-7-16(30-2)13-19(17)31-20/h3-8,13-14,27H,9-12H2,1-2H3/b23-18+. The number of rotatable bonds is 4. The lowest BCUT2D eigenvalue weighted by Gasteiger charge is -2.34. The number of fused-ring (bicyclic) bond motifs is 1. The fourth-order valence-electron chi connectivity index (χ4n) is 3.74. The first kappa shape index (κ1) is 21.8. The predicted molar refractivity (Wildman–Crippen MR) is 116 cm³/mol. The van der Waals surface area contributed by atoms with E-state index in [2.05, 4.69) is 5.16 Å². The van der Waals surface area contributed by atoms with Crippen LogP contribution in [0.5, 0.6) is 5.75 Å². The molecule has 32 heavy (non-hydrogen) atoms. The van der Waals surface area contributed by atoms with E-state index in [1.807, 2.05) is 0 Å². The van der Waals surface area contributed by atoms with Crippen LogP contribution in [-0.4, -0.2) is 62.0 Å². The molecule has 1 N–H and O–H groups in total. The van der Waals surface area contributed by atoms with Gasteiger partial charge in [0.2, 0.25) is 10.0 Å². The quantitative estimate of drug-likeness (QED) is 0.475. The van der Waals surface area contributed by atoms with Crippen molar-refractivity contribution in [1.29, 1.82) is 0 Å². The van der Waals surface area contributed by atoms with Crippen LogP contribution >= 0.6 is 0 Å². The molecule has 168 valence electrons. The molecule has 0 saturated carbocycles. The summed E-state index contributed by atoms with van der Waals surface area (Å²) in [5, 5.41) is 13.4. The number of ether oxygens (including phenoxy) is 1. The number of carbonyl (C=O) groups is 1. The first-order valence-corrected chi connectivity index (χ1v) is 11.4. The van der Waals surface area contributed by atoms with Crippen LogP contribution in [0.3, 0.4) is 0 Å². The first-order chi connectivity index (χ1) is 15.3. The Labute approximate surface area is 185 Å².